The van der Waals surface area contributed by atoms with Crippen molar-refractivity contribution in [3.8, 4) is 0 Å². The number of amides is 4. The zero-order valence-electron chi connectivity index (χ0n) is 19.7. The van der Waals surface area contributed by atoms with Crippen LogP contribution in [0.15, 0.2) is 24.3 Å². The van der Waals surface area contributed by atoms with Crippen LogP contribution in [-0.4, -0.2) is 47.2 Å². The molecule has 10 heteroatoms. The number of carbonyl (C=O) groups is 4. The quantitative estimate of drug-likeness (QED) is 0.387. The van der Waals surface area contributed by atoms with Crippen LogP contribution >= 0.6 is 11.6 Å². The van der Waals surface area contributed by atoms with Crippen molar-refractivity contribution in [1.82, 2.24) is 20.9 Å². The van der Waals surface area contributed by atoms with E-state index in [2.05, 4.69) is 20.9 Å². The molecule has 1 saturated heterocycles. The number of aromatic amines is 1. The number of para-hydroxylation sites is 1. The number of nitrogens with one attached hydrogen (secondary N) is 4. The third-order valence-corrected chi connectivity index (χ3v) is 6.18. The molecule has 2 aromatic rings. The Balaban J connectivity index is 1.76. The number of benzene rings is 1. The van der Waals surface area contributed by atoms with Crippen molar-refractivity contribution >= 4 is 46.1 Å². The lowest BCUT2D eigenvalue weighted by atomic mass is 9.87. The highest BCUT2D eigenvalue weighted by Gasteiger charge is 2.33. The lowest BCUT2D eigenvalue weighted by Crippen LogP contribution is -2.55. The van der Waals surface area contributed by atoms with Gasteiger partial charge in [-0.05, 0) is 43.2 Å². The van der Waals surface area contributed by atoms with Crippen LogP contribution < -0.4 is 21.7 Å². The van der Waals surface area contributed by atoms with Gasteiger partial charge in [0.25, 0.3) is 5.91 Å². The highest BCUT2D eigenvalue weighted by atomic mass is 35.5. The number of rotatable bonds is 8. The van der Waals surface area contributed by atoms with Gasteiger partial charge in [0.05, 0.1) is 10.5 Å². The van der Waals surface area contributed by atoms with E-state index in [4.69, 9.17) is 17.3 Å². The molecule has 3 rings (SSSR count). The molecule has 3 atom stereocenters. The number of piperidine rings is 1. The number of nitrogens with two attached hydrogens (primary N) is 1. The molecule has 2 unspecified atom stereocenters. The van der Waals surface area contributed by atoms with Crippen LogP contribution in [-0.2, 0) is 14.4 Å². The number of H-pyrrole nitrogens is 1. The van der Waals surface area contributed by atoms with E-state index in [0.29, 0.717) is 29.9 Å². The van der Waals surface area contributed by atoms with Gasteiger partial charge in [-0.1, -0.05) is 44.5 Å². The Bertz CT molecular complexity index is 1090. The fourth-order valence-corrected chi connectivity index (χ4v) is 4.39. The second-order valence-corrected chi connectivity index (χ2v) is 10.4. The third-order valence-electron chi connectivity index (χ3n) is 5.87. The molecule has 184 valence electrons. The summed E-state index contributed by atoms with van der Waals surface area (Å²) in [6.45, 7) is 6.43. The summed E-state index contributed by atoms with van der Waals surface area (Å²) in [6.07, 6.45) is 1.86. The van der Waals surface area contributed by atoms with Crippen LogP contribution in [0.1, 0.15) is 56.9 Å². The Morgan fingerprint density at radius 3 is 2.56 bits per heavy atom. The monoisotopic (exact) mass is 489 g/mol. The van der Waals surface area contributed by atoms with Crippen molar-refractivity contribution in [2.75, 3.05) is 6.54 Å². The third kappa shape index (κ3) is 6.50. The molecule has 1 aliphatic heterocycles. The molecule has 1 aliphatic rings. The largest absolute Gasteiger partial charge is 0.368 e. The fourth-order valence-electron chi connectivity index (χ4n) is 4.16. The Hall–Kier alpha value is -3.07. The van der Waals surface area contributed by atoms with E-state index in [9.17, 15) is 19.2 Å². The first-order valence-electron chi connectivity index (χ1n) is 11.4. The number of hydrogen-bond acceptors (Lipinski definition) is 4. The normalized spacial score (nSPS) is 18.1. The predicted molar refractivity (Wildman–Crippen MR) is 130 cm³/mol. The van der Waals surface area contributed by atoms with Crippen molar-refractivity contribution in [2.24, 2.45) is 17.1 Å². The van der Waals surface area contributed by atoms with Crippen LogP contribution in [0.4, 0.5) is 0 Å². The summed E-state index contributed by atoms with van der Waals surface area (Å²) in [5, 5.41) is 9.45. The minimum absolute atomic E-state index is 0.115. The number of fused-ring (bicyclic) bond motifs is 1. The van der Waals surface area contributed by atoms with E-state index in [1.54, 1.807) is 18.2 Å². The minimum Gasteiger partial charge on any atom is -0.368 e. The molecule has 0 bridgehead atoms. The Morgan fingerprint density at radius 2 is 1.94 bits per heavy atom. The van der Waals surface area contributed by atoms with Crippen LogP contribution in [0.25, 0.3) is 10.9 Å². The average Bonchev–Trinajstić information content (AvgIpc) is 3.19. The summed E-state index contributed by atoms with van der Waals surface area (Å²) in [7, 11) is 0. The molecule has 0 aliphatic carbocycles. The SMILES string of the molecule is CC(C)(C)CC(NC(=O)c1cc2cccc(Cl)c2[nH]1)C(=O)NC(C[C@@H]1CCCNC1=O)C(N)=O. The Kier molecular flexibility index (Phi) is 7.86. The number of hydrogen-bond donors (Lipinski definition) is 5. The molecule has 4 amide bonds. The molecule has 1 fully saturated rings. The fraction of sp³-hybridized carbons (Fsp3) is 0.500. The summed E-state index contributed by atoms with van der Waals surface area (Å²) in [5.74, 6) is -2.28. The molecule has 0 radical (unpaired) electrons. The van der Waals surface area contributed by atoms with Gasteiger partial charge in [-0.15, -0.1) is 0 Å². The van der Waals surface area contributed by atoms with Gasteiger partial charge in [0, 0.05) is 17.8 Å². The molecular formula is C24H32ClN5O4. The van der Waals surface area contributed by atoms with Crippen molar-refractivity contribution in [3.05, 3.63) is 35.0 Å². The van der Waals surface area contributed by atoms with Crippen LogP contribution in [0.3, 0.4) is 0 Å². The second-order valence-electron chi connectivity index (χ2n) is 10.0. The van der Waals surface area contributed by atoms with Crippen LogP contribution in [0, 0.1) is 11.3 Å². The zero-order chi connectivity index (χ0) is 25.0. The van der Waals surface area contributed by atoms with Gasteiger partial charge in [-0.2, -0.15) is 0 Å². The van der Waals surface area contributed by atoms with Crippen LogP contribution in [0.2, 0.25) is 5.02 Å². The Labute approximate surface area is 203 Å². The van der Waals surface area contributed by atoms with E-state index in [0.717, 1.165) is 11.8 Å². The standard InChI is InChI=1S/C24H32ClN5O4/c1-24(2,3)12-18(30-22(33)17-10-13-6-4-8-15(25)19(13)28-17)23(34)29-16(20(26)31)11-14-7-5-9-27-21(14)32/h4,6,8,10,14,16,18,28H,5,7,9,11-12H2,1-3H3,(H2,26,31)(H,27,32)(H,29,34)(H,30,33)/t14-,16?,18?/m0/s1. The number of halogens is 1. The van der Waals surface area contributed by atoms with Crippen molar-refractivity contribution in [2.45, 2.75) is 58.5 Å². The molecule has 6 N–H and O–H groups in total. The molecule has 2 heterocycles. The number of aromatic nitrogens is 1. The van der Waals surface area contributed by atoms with Crippen LogP contribution in [0.5, 0.6) is 0 Å². The van der Waals surface area contributed by atoms with Gasteiger partial charge in [-0.3, -0.25) is 19.2 Å². The first kappa shape index (κ1) is 25.6. The van der Waals surface area contributed by atoms with Gasteiger partial charge in [0.1, 0.15) is 17.8 Å². The van der Waals surface area contributed by atoms with E-state index in [-0.39, 0.29) is 23.4 Å². The minimum atomic E-state index is -1.02. The highest BCUT2D eigenvalue weighted by Crippen LogP contribution is 2.25. The summed E-state index contributed by atoms with van der Waals surface area (Å²) < 4.78 is 0. The van der Waals surface area contributed by atoms with E-state index in [1.165, 1.54) is 0 Å². The summed E-state index contributed by atoms with van der Waals surface area (Å²) in [4.78, 5) is 53.4. The summed E-state index contributed by atoms with van der Waals surface area (Å²) >= 11 is 6.20. The molecule has 0 spiro atoms. The van der Waals surface area contributed by atoms with Crippen molar-refractivity contribution in [3.63, 3.8) is 0 Å². The molecule has 0 saturated carbocycles. The zero-order valence-corrected chi connectivity index (χ0v) is 20.4. The maximum Gasteiger partial charge on any atom is 0.268 e. The van der Waals surface area contributed by atoms with E-state index < -0.39 is 35.7 Å². The number of carbonyl (C=O) groups excluding carboxylic acids is 4. The lowest BCUT2D eigenvalue weighted by molar-refractivity contribution is -0.131. The average molecular weight is 490 g/mol. The smallest absolute Gasteiger partial charge is 0.268 e. The molecule has 34 heavy (non-hydrogen) atoms. The molecule has 9 nitrogen and oxygen atoms in total. The van der Waals surface area contributed by atoms with Gasteiger partial charge in [-0.25, -0.2) is 0 Å². The highest BCUT2D eigenvalue weighted by molar-refractivity contribution is 6.35. The van der Waals surface area contributed by atoms with E-state index in [1.807, 2.05) is 26.8 Å². The molecular weight excluding hydrogens is 458 g/mol. The van der Waals surface area contributed by atoms with Gasteiger partial charge >= 0.3 is 0 Å². The molecule has 1 aromatic heterocycles. The summed E-state index contributed by atoms with van der Waals surface area (Å²) in [5.41, 5.74) is 6.13. The van der Waals surface area contributed by atoms with Gasteiger partial charge in [0.15, 0.2) is 0 Å². The lowest BCUT2D eigenvalue weighted by Gasteiger charge is -2.29. The summed E-state index contributed by atoms with van der Waals surface area (Å²) in [6, 6.07) is 5.05. The van der Waals surface area contributed by atoms with Gasteiger partial charge < -0.3 is 26.7 Å². The second kappa shape index (κ2) is 10.5. The number of primary amides is 1. The first-order valence-corrected chi connectivity index (χ1v) is 11.8. The Morgan fingerprint density at radius 1 is 1.21 bits per heavy atom. The maximum absolute atomic E-state index is 13.2. The predicted octanol–water partition coefficient (Wildman–Crippen LogP) is 2.24. The topological polar surface area (TPSA) is 146 Å². The first-order chi connectivity index (χ1) is 15.9. The van der Waals surface area contributed by atoms with Crippen molar-refractivity contribution in [1.29, 1.82) is 0 Å². The maximum atomic E-state index is 13.2. The van der Waals surface area contributed by atoms with Crippen molar-refractivity contribution < 1.29 is 19.2 Å². The molecule has 1 aromatic carbocycles. The van der Waals surface area contributed by atoms with Gasteiger partial charge in [0.2, 0.25) is 17.7 Å². The van der Waals surface area contributed by atoms with E-state index >= 15 is 0 Å².